The Hall–Kier alpha value is -1.97. The molecule has 4 heteroatoms. The summed E-state index contributed by atoms with van der Waals surface area (Å²) in [5, 5.41) is 3.06. The van der Waals surface area contributed by atoms with Gasteiger partial charge in [-0.1, -0.05) is 6.07 Å². The third-order valence-corrected chi connectivity index (χ3v) is 2.12. The third-order valence-electron chi connectivity index (χ3n) is 2.12. The minimum Gasteiger partial charge on any atom is -0.378 e. The van der Waals surface area contributed by atoms with E-state index in [-0.39, 0.29) is 5.82 Å². The Morgan fingerprint density at radius 2 is 2.19 bits per heavy atom. The SMILES string of the molecule is Cc1ccnc(CNc2cccc(F)c2)n1. The van der Waals surface area contributed by atoms with Crippen molar-refractivity contribution in [2.75, 3.05) is 5.32 Å². The summed E-state index contributed by atoms with van der Waals surface area (Å²) in [6, 6.07) is 8.16. The van der Waals surface area contributed by atoms with Crippen LogP contribution in [-0.4, -0.2) is 9.97 Å². The van der Waals surface area contributed by atoms with Crippen LogP contribution in [0.4, 0.5) is 10.1 Å². The van der Waals surface area contributed by atoms with E-state index in [4.69, 9.17) is 0 Å². The summed E-state index contributed by atoms with van der Waals surface area (Å²) >= 11 is 0. The monoisotopic (exact) mass is 217 g/mol. The lowest BCUT2D eigenvalue weighted by Crippen LogP contribution is -2.04. The lowest BCUT2D eigenvalue weighted by molar-refractivity contribution is 0.628. The Morgan fingerprint density at radius 1 is 1.31 bits per heavy atom. The van der Waals surface area contributed by atoms with Crippen LogP contribution in [0.15, 0.2) is 36.5 Å². The lowest BCUT2D eigenvalue weighted by Gasteiger charge is -2.05. The maximum absolute atomic E-state index is 12.9. The molecule has 1 heterocycles. The number of aromatic nitrogens is 2. The standard InChI is InChI=1S/C12H12FN3/c1-9-5-6-14-12(16-9)8-15-11-4-2-3-10(13)7-11/h2-7,15H,8H2,1H3. The zero-order valence-corrected chi connectivity index (χ0v) is 8.94. The van der Waals surface area contributed by atoms with Gasteiger partial charge in [-0.15, -0.1) is 0 Å². The zero-order valence-electron chi connectivity index (χ0n) is 8.94. The van der Waals surface area contributed by atoms with Gasteiger partial charge in [0.15, 0.2) is 0 Å². The van der Waals surface area contributed by atoms with Crippen LogP contribution in [0.1, 0.15) is 11.5 Å². The minimum atomic E-state index is -0.254. The van der Waals surface area contributed by atoms with Crippen LogP contribution in [0.3, 0.4) is 0 Å². The molecule has 1 N–H and O–H groups in total. The first kappa shape index (κ1) is 10.5. The Bertz CT molecular complexity index is 440. The van der Waals surface area contributed by atoms with E-state index < -0.39 is 0 Å². The predicted molar refractivity (Wildman–Crippen MR) is 60.5 cm³/mol. The summed E-state index contributed by atoms with van der Waals surface area (Å²) in [5.41, 5.74) is 1.65. The average Bonchev–Trinajstić information content (AvgIpc) is 2.27. The first-order chi connectivity index (χ1) is 7.74. The average molecular weight is 217 g/mol. The van der Waals surface area contributed by atoms with E-state index in [0.29, 0.717) is 12.4 Å². The molecule has 0 radical (unpaired) electrons. The fourth-order valence-electron chi connectivity index (χ4n) is 1.37. The molecular weight excluding hydrogens is 205 g/mol. The molecule has 0 aliphatic carbocycles. The fraction of sp³-hybridized carbons (Fsp3) is 0.167. The Labute approximate surface area is 93.4 Å². The highest BCUT2D eigenvalue weighted by atomic mass is 19.1. The molecule has 0 unspecified atom stereocenters. The van der Waals surface area contributed by atoms with Gasteiger partial charge in [0.05, 0.1) is 6.54 Å². The number of hydrogen-bond donors (Lipinski definition) is 1. The fourth-order valence-corrected chi connectivity index (χ4v) is 1.37. The molecule has 1 aromatic heterocycles. The van der Waals surface area contributed by atoms with Crippen molar-refractivity contribution in [3.05, 3.63) is 53.9 Å². The van der Waals surface area contributed by atoms with Gasteiger partial charge in [0.2, 0.25) is 0 Å². The number of rotatable bonds is 3. The number of benzene rings is 1. The molecule has 0 saturated heterocycles. The molecular formula is C12H12FN3. The lowest BCUT2D eigenvalue weighted by atomic mass is 10.3. The van der Waals surface area contributed by atoms with Crippen molar-refractivity contribution in [3.63, 3.8) is 0 Å². The van der Waals surface area contributed by atoms with Crippen molar-refractivity contribution in [2.45, 2.75) is 13.5 Å². The molecule has 3 nitrogen and oxygen atoms in total. The second-order valence-corrected chi connectivity index (χ2v) is 3.48. The normalized spacial score (nSPS) is 10.1. The van der Waals surface area contributed by atoms with E-state index in [0.717, 1.165) is 11.4 Å². The van der Waals surface area contributed by atoms with Crippen molar-refractivity contribution in [2.24, 2.45) is 0 Å². The van der Waals surface area contributed by atoms with Gasteiger partial charge in [-0.25, -0.2) is 14.4 Å². The number of aryl methyl sites for hydroxylation is 1. The molecule has 2 aromatic rings. The first-order valence-corrected chi connectivity index (χ1v) is 5.02. The summed E-state index contributed by atoms with van der Waals surface area (Å²) in [4.78, 5) is 8.35. The van der Waals surface area contributed by atoms with Crippen molar-refractivity contribution in [1.29, 1.82) is 0 Å². The maximum Gasteiger partial charge on any atom is 0.147 e. The van der Waals surface area contributed by atoms with E-state index in [1.165, 1.54) is 12.1 Å². The quantitative estimate of drug-likeness (QED) is 0.858. The summed E-state index contributed by atoms with van der Waals surface area (Å²) < 4.78 is 12.9. The second kappa shape index (κ2) is 4.70. The summed E-state index contributed by atoms with van der Waals surface area (Å²) in [6.45, 7) is 2.40. The minimum absolute atomic E-state index is 0.254. The van der Waals surface area contributed by atoms with Gasteiger partial charge >= 0.3 is 0 Å². The number of halogens is 1. The highest BCUT2D eigenvalue weighted by Crippen LogP contribution is 2.09. The molecule has 0 atom stereocenters. The van der Waals surface area contributed by atoms with E-state index in [1.807, 2.05) is 13.0 Å². The first-order valence-electron chi connectivity index (χ1n) is 5.02. The highest BCUT2D eigenvalue weighted by molar-refractivity contribution is 5.42. The summed E-state index contributed by atoms with van der Waals surface area (Å²) in [6.07, 6.45) is 1.71. The molecule has 0 aliphatic rings. The summed E-state index contributed by atoms with van der Waals surface area (Å²) in [7, 11) is 0. The molecule has 1 aromatic carbocycles. The molecule has 16 heavy (non-hydrogen) atoms. The van der Waals surface area contributed by atoms with Crippen LogP contribution in [0.25, 0.3) is 0 Å². The topological polar surface area (TPSA) is 37.8 Å². The van der Waals surface area contributed by atoms with Crippen molar-refractivity contribution >= 4 is 5.69 Å². The van der Waals surface area contributed by atoms with Crippen LogP contribution < -0.4 is 5.32 Å². The third kappa shape index (κ3) is 2.76. The Kier molecular flexibility index (Phi) is 3.10. The van der Waals surface area contributed by atoms with Gasteiger partial charge in [-0.2, -0.15) is 0 Å². The van der Waals surface area contributed by atoms with Gasteiger partial charge in [0, 0.05) is 17.6 Å². The van der Waals surface area contributed by atoms with Gasteiger partial charge in [-0.3, -0.25) is 0 Å². The van der Waals surface area contributed by atoms with E-state index in [1.54, 1.807) is 18.3 Å². The molecule has 2 rings (SSSR count). The van der Waals surface area contributed by atoms with Crippen molar-refractivity contribution in [3.8, 4) is 0 Å². The molecule has 82 valence electrons. The van der Waals surface area contributed by atoms with E-state index in [2.05, 4.69) is 15.3 Å². The second-order valence-electron chi connectivity index (χ2n) is 3.48. The van der Waals surface area contributed by atoms with Gasteiger partial charge in [0.1, 0.15) is 11.6 Å². The molecule has 0 saturated carbocycles. The van der Waals surface area contributed by atoms with Gasteiger partial charge < -0.3 is 5.32 Å². The van der Waals surface area contributed by atoms with E-state index in [9.17, 15) is 4.39 Å². The maximum atomic E-state index is 12.9. The molecule has 0 bridgehead atoms. The number of nitrogens with zero attached hydrogens (tertiary/aromatic N) is 2. The van der Waals surface area contributed by atoms with Crippen LogP contribution in [0, 0.1) is 12.7 Å². The van der Waals surface area contributed by atoms with E-state index >= 15 is 0 Å². The highest BCUT2D eigenvalue weighted by Gasteiger charge is 1.98. The Balaban J connectivity index is 2.02. The smallest absolute Gasteiger partial charge is 0.147 e. The summed E-state index contributed by atoms with van der Waals surface area (Å²) in [5.74, 6) is 0.444. The molecule has 0 spiro atoms. The van der Waals surface area contributed by atoms with Crippen LogP contribution >= 0.6 is 0 Å². The molecule has 0 amide bonds. The molecule has 0 fully saturated rings. The van der Waals surface area contributed by atoms with Crippen LogP contribution in [0.2, 0.25) is 0 Å². The zero-order chi connectivity index (χ0) is 11.4. The van der Waals surface area contributed by atoms with Crippen molar-refractivity contribution < 1.29 is 4.39 Å². The number of nitrogens with one attached hydrogen (secondary N) is 1. The predicted octanol–water partition coefficient (Wildman–Crippen LogP) is 2.54. The number of anilines is 1. The molecule has 0 aliphatic heterocycles. The van der Waals surface area contributed by atoms with Crippen LogP contribution in [-0.2, 0) is 6.54 Å². The van der Waals surface area contributed by atoms with Gasteiger partial charge in [-0.05, 0) is 31.2 Å². The van der Waals surface area contributed by atoms with Crippen LogP contribution in [0.5, 0.6) is 0 Å². The number of hydrogen-bond acceptors (Lipinski definition) is 3. The Morgan fingerprint density at radius 3 is 2.94 bits per heavy atom. The van der Waals surface area contributed by atoms with Gasteiger partial charge in [0.25, 0.3) is 0 Å². The van der Waals surface area contributed by atoms with Crippen molar-refractivity contribution in [1.82, 2.24) is 9.97 Å². The largest absolute Gasteiger partial charge is 0.378 e.